The summed E-state index contributed by atoms with van der Waals surface area (Å²) in [4.78, 5) is 0. The number of hydrazine groups is 2. The highest BCUT2D eigenvalue weighted by molar-refractivity contribution is 5.00. The van der Waals surface area contributed by atoms with Gasteiger partial charge in [-0.1, -0.05) is 0 Å². The smallest absolute Gasteiger partial charge is 0.0781 e. The molecule has 0 aromatic rings. The lowest BCUT2D eigenvalue weighted by Gasteiger charge is -2.35. The molecule has 0 spiro atoms. The van der Waals surface area contributed by atoms with E-state index < -0.39 is 0 Å². The van der Waals surface area contributed by atoms with E-state index in [0.717, 1.165) is 32.5 Å². The van der Waals surface area contributed by atoms with Gasteiger partial charge in [0.05, 0.1) is 38.6 Å². The molecule has 3 saturated heterocycles. The van der Waals surface area contributed by atoms with Crippen LogP contribution in [0.15, 0.2) is 0 Å². The molecule has 0 amide bonds. The molecule has 4 bridgehead atoms. The maximum Gasteiger partial charge on any atom is 0.0781 e. The lowest BCUT2D eigenvalue weighted by atomic mass is 9.76. The number of nitrogens with zero attached hydrogens (tertiary/aromatic N) is 1. The second-order valence-electron chi connectivity index (χ2n) is 8.23. The van der Waals surface area contributed by atoms with Crippen molar-refractivity contribution in [3.63, 3.8) is 0 Å². The molecule has 0 aromatic heterocycles. The van der Waals surface area contributed by atoms with Crippen LogP contribution in [-0.4, -0.2) is 74.9 Å². The van der Waals surface area contributed by atoms with Crippen LogP contribution in [0.1, 0.15) is 33.1 Å². The van der Waals surface area contributed by atoms with E-state index in [0.29, 0.717) is 55.9 Å². The summed E-state index contributed by atoms with van der Waals surface area (Å²) in [5.74, 6) is 1.28. The minimum absolute atomic E-state index is 0.129. The van der Waals surface area contributed by atoms with E-state index in [2.05, 4.69) is 35.1 Å². The molecular formula is C18H34N4O3. The highest BCUT2D eigenvalue weighted by Crippen LogP contribution is 2.35. The van der Waals surface area contributed by atoms with E-state index in [1.165, 1.54) is 6.42 Å². The summed E-state index contributed by atoms with van der Waals surface area (Å²) in [6.07, 6.45) is 3.98. The van der Waals surface area contributed by atoms with Crippen molar-refractivity contribution >= 4 is 0 Å². The molecule has 3 aliphatic heterocycles. The molecule has 6 unspecified atom stereocenters. The standard InChI is InChI=1S/C18H34N4O3/c1-12-10-23-5-6-24-13(2)11-25-15-3-4-17-16(7-15)18(21-20-17)14-8-19-22(12)9-14/h12-21H,3-11H2,1-2H3/t12-,13-,14?,15?,16?,17?,18?/m0/s1. The van der Waals surface area contributed by atoms with Gasteiger partial charge in [-0.15, -0.1) is 0 Å². The van der Waals surface area contributed by atoms with Gasteiger partial charge in [0.15, 0.2) is 0 Å². The van der Waals surface area contributed by atoms with Gasteiger partial charge in [0, 0.05) is 37.1 Å². The number of rotatable bonds is 0. The zero-order valence-electron chi connectivity index (χ0n) is 15.6. The highest BCUT2D eigenvalue weighted by atomic mass is 16.6. The molecule has 0 aromatic carbocycles. The first-order valence-corrected chi connectivity index (χ1v) is 10.0. The first-order chi connectivity index (χ1) is 12.2. The third-order valence-corrected chi connectivity index (χ3v) is 6.33. The third-order valence-electron chi connectivity index (χ3n) is 6.33. The van der Waals surface area contributed by atoms with Crippen LogP contribution in [0.5, 0.6) is 0 Å². The number of hydrogen-bond donors (Lipinski definition) is 3. The highest BCUT2D eigenvalue weighted by Gasteiger charge is 2.45. The number of ether oxygens (including phenoxy) is 3. The van der Waals surface area contributed by atoms with Crippen molar-refractivity contribution < 1.29 is 14.2 Å². The summed E-state index contributed by atoms with van der Waals surface area (Å²) in [6.45, 7) is 9.14. The van der Waals surface area contributed by atoms with Gasteiger partial charge in [0.2, 0.25) is 0 Å². The van der Waals surface area contributed by atoms with Crippen LogP contribution in [0.25, 0.3) is 0 Å². The van der Waals surface area contributed by atoms with Crippen LogP contribution in [0.3, 0.4) is 0 Å². The first kappa shape index (κ1) is 18.1. The normalized spacial score (nSPS) is 49.2. The SMILES string of the molecule is C[C@H]1COC2CCC3NNC(C4CNN(C4)[C@@H](C)COCCO1)C3C2. The molecule has 3 heterocycles. The Bertz CT molecular complexity index is 441. The molecule has 4 aliphatic rings. The van der Waals surface area contributed by atoms with E-state index in [9.17, 15) is 0 Å². The van der Waals surface area contributed by atoms with E-state index in [1.807, 2.05) is 0 Å². The van der Waals surface area contributed by atoms with E-state index >= 15 is 0 Å². The maximum atomic E-state index is 6.20. The zero-order chi connectivity index (χ0) is 17.2. The summed E-state index contributed by atoms with van der Waals surface area (Å²) >= 11 is 0. The van der Waals surface area contributed by atoms with Crippen molar-refractivity contribution in [3.05, 3.63) is 0 Å². The van der Waals surface area contributed by atoms with Gasteiger partial charge in [-0.3, -0.25) is 16.3 Å². The Hall–Kier alpha value is -0.280. The molecule has 7 heteroatoms. The maximum absolute atomic E-state index is 6.20. The minimum atomic E-state index is 0.129. The number of nitrogens with one attached hydrogen (secondary N) is 3. The van der Waals surface area contributed by atoms with E-state index in [1.54, 1.807) is 0 Å². The fourth-order valence-corrected chi connectivity index (χ4v) is 4.83. The Labute approximate surface area is 151 Å². The Morgan fingerprint density at radius 2 is 1.92 bits per heavy atom. The molecule has 1 aliphatic carbocycles. The van der Waals surface area contributed by atoms with Crippen LogP contribution in [0.2, 0.25) is 0 Å². The molecule has 1 saturated carbocycles. The average molecular weight is 354 g/mol. The van der Waals surface area contributed by atoms with Crippen molar-refractivity contribution in [2.24, 2.45) is 11.8 Å². The van der Waals surface area contributed by atoms with Gasteiger partial charge in [-0.25, -0.2) is 5.01 Å². The Morgan fingerprint density at radius 1 is 1.00 bits per heavy atom. The van der Waals surface area contributed by atoms with Crippen LogP contribution in [-0.2, 0) is 14.2 Å². The predicted molar refractivity (Wildman–Crippen MR) is 94.8 cm³/mol. The van der Waals surface area contributed by atoms with Crippen molar-refractivity contribution in [1.82, 2.24) is 21.3 Å². The monoisotopic (exact) mass is 354 g/mol. The van der Waals surface area contributed by atoms with E-state index in [4.69, 9.17) is 14.2 Å². The fourth-order valence-electron chi connectivity index (χ4n) is 4.83. The molecule has 8 atom stereocenters. The van der Waals surface area contributed by atoms with Gasteiger partial charge < -0.3 is 14.2 Å². The van der Waals surface area contributed by atoms with E-state index in [-0.39, 0.29) is 6.10 Å². The topological polar surface area (TPSA) is 67.0 Å². The second-order valence-corrected chi connectivity index (χ2v) is 8.23. The lowest BCUT2D eigenvalue weighted by Crippen LogP contribution is -2.44. The van der Waals surface area contributed by atoms with Crippen LogP contribution < -0.4 is 16.3 Å². The largest absolute Gasteiger partial charge is 0.377 e. The van der Waals surface area contributed by atoms with Crippen LogP contribution in [0.4, 0.5) is 0 Å². The summed E-state index contributed by atoms with van der Waals surface area (Å²) in [5, 5.41) is 2.35. The Morgan fingerprint density at radius 3 is 2.84 bits per heavy atom. The molecular weight excluding hydrogens is 320 g/mol. The van der Waals surface area contributed by atoms with Crippen molar-refractivity contribution in [2.45, 2.75) is 63.4 Å². The Kier molecular flexibility index (Phi) is 5.91. The summed E-state index contributed by atoms with van der Waals surface area (Å²) in [7, 11) is 0. The Balaban J connectivity index is 1.44. The first-order valence-electron chi connectivity index (χ1n) is 10.0. The third kappa shape index (κ3) is 4.18. The molecule has 25 heavy (non-hydrogen) atoms. The van der Waals surface area contributed by atoms with Crippen molar-refractivity contribution in [3.8, 4) is 0 Å². The zero-order valence-corrected chi connectivity index (χ0v) is 15.6. The fraction of sp³-hybridized carbons (Fsp3) is 1.00. The lowest BCUT2D eigenvalue weighted by molar-refractivity contribution is -0.0686. The minimum Gasteiger partial charge on any atom is -0.377 e. The molecule has 4 rings (SSSR count). The van der Waals surface area contributed by atoms with Crippen molar-refractivity contribution in [2.75, 3.05) is 39.5 Å². The average Bonchev–Trinajstić information content (AvgIpc) is 3.25. The molecule has 3 N–H and O–H groups in total. The number of fused-ring (bicyclic) bond motifs is 4. The van der Waals surface area contributed by atoms with Gasteiger partial charge in [-0.05, 0) is 39.0 Å². The van der Waals surface area contributed by atoms with Gasteiger partial charge in [0.1, 0.15) is 0 Å². The summed E-state index contributed by atoms with van der Waals surface area (Å²) < 4.78 is 17.8. The van der Waals surface area contributed by atoms with Crippen LogP contribution >= 0.6 is 0 Å². The van der Waals surface area contributed by atoms with Crippen molar-refractivity contribution in [1.29, 1.82) is 0 Å². The van der Waals surface area contributed by atoms with Crippen LogP contribution in [0, 0.1) is 11.8 Å². The molecule has 4 fully saturated rings. The summed E-state index contributed by atoms with van der Waals surface area (Å²) in [6, 6.07) is 1.48. The van der Waals surface area contributed by atoms with Gasteiger partial charge in [0.25, 0.3) is 0 Å². The molecule has 144 valence electrons. The quantitative estimate of drug-likeness (QED) is 0.577. The molecule has 0 radical (unpaired) electrons. The van der Waals surface area contributed by atoms with Gasteiger partial charge >= 0.3 is 0 Å². The predicted octanol–water partition coefficient (Wildman–Crippen LogP) is 0.277. The summed E-state index contributed by atoms with van der Waals surface area (Å²) in [5.41, 5.74) is 10.8. The number of hydrogen-bond acceptors (Lipinski definition) is 7. The van der Waals surface area contributed by atoms with Gasteiger partial charge in [-0.2, -0.15) is 0 Å². The second kappa shape index (κ2) is 8.17. The molecule has 7 nitrogen and oxygen atoms in total.